The molecule has 67 heavy (non-hydrogen) atoms. The number of ether oxygens (including phenoxy) is 4. The Balaban J connectivity index is 1.41. The van der Waals surface area contributed by atoms with E-state index in [9.17, 15) is 29.5 Å². The number of unbranched alkanes of at least 4 members (excludes halogenated alkanes) is 2. The van der Waals surface area contributed by atoms with Gasteiger partial charge in [0.05, 0.1) is 36.7 Å². The minimum Gasteiger partial charge on any atom is -0.497 e. The number of amides is 1. The number of nitrogens with zero attached hydrogens (tertiary/aromatic N) is 3. The largest absolute Gasteiger partial charge is 0.497 e. The summed E-state index contributed by atoms with van der Waals surface area (Å²) in [6, 6.07) is 25.0. The van der Waals surface area contributed by atoms with Gasteiger partial charge >= 0.3 is 0 Å². The number of halogens is 1. The molecule has 3 aliphatic rings. The topological polar surface area (TPSA) is 162 Å². The molecular weight excluding hydrogens is 858 g/mol. The van der Waals surface area contributed by atoms with E-state index in [1.54, 1.807) is 43.5 Å². The summed E-state index contributed by atoms with van der Waals surface area (Å²) in [6.07, 6.45) is 9.12. The molecule has 6 atom stereocenters. The zero-order valence-electron chi connectivity index (χ0n) is 38.4. The number of carbonyl (C=O) groups is 1. The molecule has 6 unspecified atom stereocenters. The number of aliphatic hydroxyl groups is 2. The number of hydrogen-bond donors (Lipinski definition) is 2. The highest BCUT2D eigenvalue weighted by molar-refractivity contribution is 6.03. The molecule has 0 saturated heterocycles. The van der Waals surface area contributed by atoms with E-state index >= 15 is 0 Å². The summed E-state index contributed by atoms with van der Waals surface area (Å²) in [7, 11) is 1.59. The smallest absolute Gasteiger partial charge is 0.269 e. The SMILES string of the molecule is C=CCOC12Oc3ccc(OCc4ccccc4F)cc3C3C(CCCCO)C(CCCCO)C=C(C(=NOCc4ccc([N+](=O)[O-])cc4)CC1N(CCC)C(=O)Cc1cccc(OC)c1)C32. The lowest BCUT2D eigenvalue weighted by atomic mass is 9.55. The number of rotatable bonds is 24. The molecule has 1 saturated carbocycles. The zero-order valence-corrected chi connectivity index (χ0v) is 38.4. The van der Waals surface area contributed by atoms with E-state index < -0.39 is 22.7 Å². The van der Waals surface area contributed by atoms with Crippen LogP contribution in [0.4, 0.5) is 10.1 Å². The summed E-state index contributed by atoms with van der Waals surface area (Å²) in [6.45, 7) is 6.69. The average molecular weight is 920 g/mol. The molecule has 356 valence electrons. The first kappa shape index (κ1) is 48.8. The molecule has 1 amide bonds. The second-order valence-electron chi connectivity index (χ2n) is 17.5. The van der Waals surface area contributed by atoms with Gasteiger partial charge in [-0.3, -0.25) is 14.9 Å². The van der Waals surface area contributed by atoms with Crippen LogP contribution in [0.15, 0.2) is 120 Å². The van der Waals surface area contributed by atoms with E-state index in [1.807, 2.05) is 54.3 Å². The Morgan fingerprint density at radius 3 is 2.46 bits per heavy atom. The van der Waals surface area contributed by atoms with Gasteiger partial charge in [0.1, 0.15) is 42.3 Å². The van der Waals surface area contributed by atoms with E-state index in [4.69, 9.17) is 28.9 Å². The van der Waals surface area contributed by atoms with Crippen molar-refractivity contribution in [3.63, 3.8) is 0 Å². The number of oxime groups is 1. The normalized spacial score (nSPS) is 22.1. The van der Waals surface area contributed by atoms with Crippen molar-refractivity contribution >= 4 is 17.3 Å². The number of allylic oxidation sites excluding steroid dienone is 1. The fraction of sp³-hybridized carbons (Fsp3) is 0.434. The van der Waals surface area contributed by atoms with Crippen LogP contribution >= 0.6 is 0 Å². The summed E-state index contributed by atoms with van der Waals surface area (Å²) < 4.78 is 41.1. The van der Waals surface area contributed by atoms with Crippen LogP contribution in [-0.4, -0.2) is 77.0 Å². The standard InChI is InChI=1S/C53H62FN3O10/c1-4-25-56(50(60)30-37-13-12-16-41(29-37)63-3)49-33-47(55-66-34-36-19-21-40(22-20-36)57(61)62)44-31-38(14-8-10-26-58)43(17-9-11-27-59)51-45-32-42(64-35-39-15-6-7-18-46(39)54)23-24-48(45)67-53(49,52(44)51)65-28-5-2/h5-7,12-13,15-16,18-24,29,31-32,38,43,49,51-52,58-59H,2,4,8-11,14,17,25-28,30,33-35H2,1,3H3. The van der Waals surface area contributed by atoms with E-state index in [0.29, 0.717) is 59.9 Å². The molecule has 2 aliphatic carbocycles. The fourth-order valence-electron chi connectivity index (χ4n) is 10.2. The number of hydrogen-bond acceptors (Lipinski definition) is 11. The van der Waals surface area contributed by atoms with Crippen LogP contribution in [0.5, 0.6) is 17.2 Å². The highest BCUT2D eigenvalue weighted by Crippen LogP contribution is 2.62. The summed E-state index contributed by atoms with van der Waals surface area (Å²) >= 11 is 0. The van der Waals surface area contributed by atoms with Crippen molar-refractivity contribution < 1.29 is 48.1 Å². The first-order valence-electron chi connectivity index (χ1n) is 23.4. The van der Waals surface area contributed by atoms with E-state index in [2.05, 4.69) is 12.7 Å². The molecule has 14 heteroatoms. The van der Waals surface area contributed by atoms with Crippen molar-refractivity contribution in [3.05, 3.63) is 153 Å². The molecule has 0 radical (unpaired) electrons. The maximum Gasteiger partial charge on any atom is 0.269 e. The molecule has 1 fully saturated rings. The van der Waals surface area contributed by atoms with E-state index in [1.165, 1.54) is 18.2 Å². The highest BCUT2D eigenvalue weighted by atomic mass is 19.1. The maximum absolute atomic E-state index is 15.0. The Hall–Kier alpha value is -6.09. The van der Waals surface area contributed by atoms with Gasteiger partial charge in [0.2, 0.25) is 11.7 Å². The van der Waals surface area contributed by atoms with Crippen LogP contribution < -0.4 is 14.2 Å². The lowest BCUT2D eigenvalue weighted by Gasteiger charge is -2.60. The third kappa shape index (κ3) is 11.2. The number of methoxy groups -OCH3 is 1. The summed E-state index contributed by atoms with van der Waals surface area (Å²) in [5, 5.41) is 36.3. The quantitative estimate of drug-likeness (QED) is 0.0300. The minimum absolute atomic E-state index is 0.00796. The number of carbonyl (C=O) groups excluding carboxylic acids is 1. The maximum atomic E-state index is 15.0. The van der Waals surface area contributed by atoms with Gasteiger partial charge in [-0.15, -0.1) is 6.58 Å². The second kappa shape index (κ2) is 23.1. The summed E-state index contributed by atoms with van der Waals surface area (Å²) in [5.74, 6) is -1.12. The van der Waals surface area contributed by atoms with Crippen LogP contribution in [0, 0.1) is 33.7 Å². The number of benzene rings is 4. The van der Waals surface area contributed by atoms with Crippen molar-refractivity contribution in [2.45, 2.75) is 95.7 Å². The lowest BCUT2D eigenvalue weighted by Crippen LogP contribution is -2.70. The molecule has 0 aromatic heterocycles. The summed E-state index contributed by atoms with van der Waals surface area (Å²) in [5.41, 5.74) is 4.21. The van der Waals surface area contributed by atoms with Gasteiger partial charge in [-0.05, 0) is 109 Å². The monoisotopic (exact) mass is 919 g/mol. The Labute approximate surface area is 392 Å². The number of fused-ring (bicyclic) bond motifs is 2. The molecule has 7 rings (SSSR count). The molecule has 1 heterocycles. The first-order valence-corrected chi connectivity index (χ1v) is 23.4. The van der Waals surface area contributed by atoms with Crippen molar-refractivity contribution in [2.24, 2.45) is 22.9 Å². The molecular formula is C53H62FN3O10. The Bertz CT molecular complexity index is 2390. The lowest BCUT2D eigenvalue weighted by molar-refractivity contribution is -0.384. The fourth-order valence-corrected chi connectivity index (χ4v) is 10.2. The number of aliphatic hydroxyl groups excluding tert-OH is 2. The molecule has 0 spiro atoms. The predicted molar refractivity (Wildman–Crippen MR) is 252 cm³/mol. The van der Waals surface area contributed by atoms with Crippen molar-refractivity contribution in [1.82, 2.24) is 4.90 Å². The predicted octanol–water partition coefficient (Wildman–Crippen LogP) is 9.64. The van der Waals surface area contributed by atoms with Crippen LogP contribution in [0.3, 0.4) is 0 Å². The Morgan fingerprint density at radius 2 is 1.75 bits per heavy atom. The minimum atomic E-state index is -1.46. The highest BCUT2D eigenvalue weighted by Gasteiger charge is 2.65. The third-order valence-electron chi connectivity index (χ3n) is 13.2. The van der Waals surface area contributed by atoms with Gasteiger partial charge < -0.3 is 38.9 Å². The van der Waals surface area contributed by atoms with Crippen LogP contribution in [0.1, 0.15) is 86.5 Å². The number of non-ortho nitro benzene ring substituents is 1. The number of nitro benzene ring substituents is 1. The molecule has 13 nitrogen and oxygen atoms in total. The van der Waals surface area contributed by atoms with Gasteiger partial charge in [-0.1, -0.05) is 67.4 Å². The van der Waals surface area contributed by atoms with Crippen molar-refractivity contribution in [3.8, 4) is 17.2 Å². The summed E-state index contributed by atoms with van der Waals surface area (Å²) in [4.78, 5) is 34.0. The Morgan fingerprint density at radius 1 is 0.970 bits per heavy atom. The van der Waals surface area contributed by atoms with E-state index in [-0.39, 0.29) is 81.0 Å². The van der Waals surface area contributed by atoms with Gasteiger partial charge in [0, 0.05) is 55.4 Å². The first-order chi connectivity index (χ1) is 32.6. The van der Waals surface area contributed by atoms with Crippen LogP contribution in [0.25, 0.3) is 0 Å². The van der Waals surface area contributed by atoms with Crippen LogP contribution in [-0.2, 0) is 34.0 Å². The molecule has 4 aromatic rings. The zero-order chi connectivity index (χ0) is 47.3. The van der Waals surface area contributed by atoms with Gasteiger partial charge in [-0.2, -0.15) is 0 Å². The second-order valence-corrected chi connectivity index (χ2v) is 17.5. The van der Waals surface area contributed by atoms with Gasteiger partial charge in [-0.25, -0.2) is 4.39 Å². The average Bonchev–Trinajstić information content (AvgIpc) is 3.34. The van der Waals surface area contributed by atoms with E-state index in [0.717, 1.165) is 42.4 Å². The third-order valence-corrected chi connectivity index (χ3v) is 13.2. The number of nitro groups is 1. The Kier molecular flexibility index (Phi) is 16.8. The molecule has 4 aromatic carbocycles. The van der Waals surface area contributed by atoms with Crippen LogP contribution in [0.2, 0.25) is 0 Å². The molecule has 1 aliphatic heterocycles. The van der Waals surface area contributed by atoms with Crippen molar-refractivity contribution in [2.75, 3.05) is 33.5 Å². The van der Waals surface area contributed by atoms with Crippen molar-refractivity contribution in [1.29, 1.82) is 0 Å². The van der Waals surface area contributed by atoms with Gasteiger partial charge in [0.15, 0.2) is 0 Å². The molecule has 2 N–H and O–H groups in total. The molecule has 0 bridgehead atoms. The van der Waals surface area contributed by atoms with Gasteiger partial charge in [0.25, 0.3) is 5.69 Å².